The van der Waals surface area contributed by atoms with E-state index in [1.807, 2.05) is 6.92 Å². The quantitative estimate of drug-likeness (QED) is 0.443. The van der Waals surface area contributed by atoms with Gasteiger partial charge in [0, 0.05) is 38.4 Å². The topological polar surface area (TPSA) is 79.4 Å². The van der Waals surface area contributed by atoms with Crippen molar-refractivity contribution in [2.45, 2.75) is 33.7 Å². The number of carbonyl (C=O) groups is 1. The Bertz CT molecular complexity index is 902. The van der Waals surface area contributed by atoms with Crippen molar-refractivity contribution < 1.29 is 9.53 Å². The third-order valence-electron chi connectivity index (χ3n) is 4.73. The first-order valence-corrected chi connectivity index (χ1v) is 10.3. The first-order valence-electron chi connectivity index (χ1n) is 9.86. The number of H-pyrrole nitrogens is 1. The van der Waals surface area contributed by atoms with Gasteiger partial charge in [-0.3, -0.25) is 14.2 Å². The van der Waals surface area contributed by atoms with Crippen LogP contribution in [0.15, 0.2) is 23.0 Å². The Labute approximate surface area is 170 Å². The number of ether oxygens (including phenoxy) is 1. The first kappa shape index (κ1) is 22.3. The van der Waals surface area contributed by atoms with Gasteiger partial charge in [-0.25, -0.2) is 0 Å². The summed E-state index contributed by atoms with van der Waals surface area (Å²) >= 11 is 5.39. The first-order chi connectivity index (χ1) is 13.5. The third kappa shape index (κ3) is 5.73. The zero-order chi connectivity index (χ0) is 20.5. The van der Waals surface area contributed by atoms with Crippen LogP contribution < -0.4 is 10.9 Å². The van der Waals surface area contributed by atoms with Crippen LogP contribution in [0.5, 0.6) is 0 Å². The molecule has 0 saturated heterocycles. The molecule has 1 aromatic carbocycles. The average Bonchev–Trinajstić information content (AvgIpc) is 2.70. The molecular formula is C20H30N4O3S. The molecule has 2 rings (SSSR count). The lowest BCUT2D eigenvalue weighted by Gasteiger charge is -2.18. The van der Waals surface area contributed by atoms with E-state index in [0.29, 0.717) is 47.5 Å². The van der Waals surface area contributed by atoms with E-state index in [9.17, 15) is 9.59 Å². The molecule has 2 N–H and O–H groups in total. The minimum absolute atomic E-state index is 0.130. The van der Waals surface area contributed by atoms with Gasteiger partial charge in [0.1, 0.15) is 0 Å². The minimum Gasteiger partial charge on any atom is -0.382 e. The van der Waals surface area contributed by atoms with E-state index in [2.05, 4.69) is 29.0 Å². The van der Waals surface area contributed by atoms with Crippen molar-refractivity contribution in [1.82, 2.24) is 19.8 Å². The zero-order valence-electron chi connectivity index (χ0n) is 16.9. The van der Waals surface area contributed by atoms with Crippen LogP contribution in [0.4, 0.5) is 0 Å². The number of nitrogens with zero attached hydrogens (tertiary/aromatic N) is 2. The molecule has 1 heterocycles. The van der Waals surface area contributed by atoms with Crippen molar-refractivity contribution in [3.05, 3.63) is 38.9 Å². The van der Waals surface area contributed by atoms with Crippen molar-refractivity contribution in [3.8, 4) is 0 Å². The van der Waals surface area contributed by atoms with Crippen molar-refractivity contribution >= 4 is 29.0 Å². The second-order valence-corrected chi connectivity index (χ2v) is 6.87. The number of benzene rings is 1. The van der Waals surface area contributed by atoms with Crippen LogP contribution in [0, 0.1) is 4.77 Å². The molecule has 7 nitrogen and oxygen atoms in total. The predicted molar refractivity (Wildman–Crippen MR) is 115 cm³/mol. The smallest absolute Gasteiger partial charge is 0.262 e. The lowest BCUT2D eigenvalue weighted by molar-refractivity contribution is 0.0944. The molecule has 0 atom stereocenters. The second-order valence-electron chi connectivity index (χ2n) is 6.48. The highest BCUT2D eigenvalue weighted by molar-refractivity contribution is 7.71. The fraction of sp³-hybridized carbons (Fsp3) is 0.550. The van der Waals surface area contributed by atoms with Gasteiger partial charge in [-0.05, 0) is 56.9 Å². The summed E-state index contributed by atoms with van der Waals surface area (Å²) in [5.41, 5.74) is 0.945. The van der Waals surface area contributed by atoms with Gasteiger partial charge in [0.15, 0.2) is 4.77 Å². The SMILES string of the molecule is CCOCCCNC(=O)c1ccc2c(=O)n(CCN(CC)CC)c(=S)[nH]c2c1. The van der Waals surface area contributed by atoms with Gasteiger partial charge in [-0.15, -0.1) is 0 Å². The Kier molecular flexibility index (Phi) is 8.82. The number of aromatic nitrogens is 2. The number of nitrogens with one attached hydrogen (secondary N) is 2. The number of rotatable bonds is 11. The van der Waals surface area contributed by atoms with Gasteiger partial charge in [-0.2, -0.15) is 0 Å². The Morgan fingerprint density at radius 1 is 1.29 bits per heavy atom. The Morgan fingerprint density at radius 2 is 2.04 bits per heavy atom. The van der Waals surface area contributed by atoms with Crippen molar-refractivity contribution in [2.24, 2.45) is 0 Å². The monoisotopic (exact) mass is 406 g/mol. The lowest BCUT2D eigenvalue weighted by Crippen LogP contribution is -2.31. The number of hydrogen-bond donors (Lipinski definition) is 2. The van der Waals surface area contributed by atoms with Crippen LogP contribution >= 0.6 is 12.2 Å². The van der Waals surface area contributed by atoms with E-state index in [4.69, 9.17) is 17.0 Å². The van der Waals surface area contributed by atoms with Crippen LogP contribution in [-0.4, -0.2) is 59.8 Å². The molecule has 2 aromatic rings. The highest BCUT2D eigenvalue weighted by Crippen LogP contribution is 2.11. The Hall–Kier alpha value is -2.03. The summed E-state index contributed by atoms with van der Waals surface area (Å²) in [7, 11) is 0. The van der Waals surface area contributed by atoms with Crippen molar-refractivity contribution in [1.29, 1.82) is 0 Å². The summed E-state index contributed by atoms with van der Waals surface area (Å²) in [6.45, 7) is 11.1. The standard InChI is InChI=1S/C20H30N4O3S/c1-4-23(5-2)11-12-24-19(26)16-9-8-15(14-17(16)22-20(24)28)18(25)21-10-7-13-27-6-3/h8-9,14H,4-7,10-13H2,1-3H3,(H,21,25)(H,22,28). The lowest BCUT2D eigenvalue weighted by atomic mass is 10.1. The normalized spacial score (nSPS) is 11.3. The Morgan fingerprint density at radius 3 is 2.71 bits per heavy atom. The van der Waals surface area contributed by atoms with Gasteiger partial charge >= 0.3 is 0 Å². The molecule has 8 heteroatoms. The van der Waals surface area contributed by atoms with Gasteiger partial charge in [0.25, 0.3) is 11.5 Å². The predicted octanol–water partition coefficient (Wildman–Crippen LogP) is 2.56. The molecule has 1 amide bonds. The van der Waals surface area contributed by atoms with Crippen molar-refractivity contribution in [2.75, 3.05) is 39.4 Å². The number of hydrogen-bond acceptors (Lipinski definition) is 5. The fourth-order valence-electron chi connectivity index (χ4n) is 3.00. The highest BCUT2D eigenvalue weighted by Gasteiger charge is 2.11. The largest absolute Gasteiger partial charge is 0.382 e. The molecule has 0 radical (unpaired) electrons. The van der Waals surface area contributed by atoms with E-state index >= 15 is 0 Å². The number of fused-ring (bicyclic) bond motifs is 1. The maximum absolute atomic E-state index is 12.8. The van der Waals surface area contributed by atoms with E-state index in [1.165, 1.54) is 0 Å². The van der Waals surface area contributed by atoms with E-state index in [1.54, 1.807) is 22.8 Å². The molecule has 0 saturated carbocycles. The summed E-state index contributed by atoms with van der Waals surface area (Å²) in [5, 5.41) is 3.39. The van der Waals surface area contributed by atoms with Gasteiger partial charge in [0.05, 0.1) is 10.9 Å². The molecule has 154 valence electrons. The molecule has 0 bridgehead atoms. The molecular weight excluding hydrogens is 376 g/mol. The summed E-state index contributed by atoms with van der Waals surface area (Å²) in [5.74, 6) is -0.177. The second kappa shape index (κ2) is 11.1. The number of carbonyl (C=O) groups excluding carboxylic acids is 1. The summed E-state index contributed by atoms with van der Waals surface area (Å²) in [6.07, 6.45) is 0.757. The van der Waals surface area contributed by atoms with E-state index in [-0.39, 0.29) is 11.5 Å². The molecule has 0 aliphatic heterocycles. The molecule has 1 aromatic heterocycles. The van der Waals surface area contributed by atoms with Crippen LogP contribution in [0.2, 0.25) is 0 Å². The number of aromatic amines is 1. The fourth-order valence-corrected chi connectivity index (χ4v) is 3.29. The van der Waals surface area contributed by atoms with E-state index in [0.717, 1.165) is 26.1 Å². The number of amides is 1. The summed E-state index contributed by atoms with van der Waals surface area (Å²) < 4.78 is 7.22. The van der Waals surface area contributed by atoms with Crippen LogP contribution in [0.1, 0.15) is 37.6 Å². The zero-order valence-corrected chi connectivity index (χ0v) is 17.7. The van der Waals surface area contributed by atoms with Gasteiger partial charge in [0.2, 0.25) is 0 Å². The maximum Gasteiger partial charge on any atom is 0.262 e. The maximum atomic E-state index is 12.8. The molecule has 28 heavy (non-hydrogen) atoms. The van der Waals surface area contributed by atoms with E-state index < -0.39 is 0 Å². The van der Waals surface area contributed by atoms with Crippen LogP contribution in [-0.2, 0) is 11.3 Å². The molecule has 0 aliphatic carbocycles. The van der Waals surface area contributed by atoms with Gasteiger partial charge < -0.3 is 19.9 Å². The molecule has 0 unspecified atom stereocenters. The average molecular weight is 407 g/mol. The molecule has 0 aliphatic rings. The van der Waals surface area contributed by atoms with Crippen molar-refractivity contribution in [3.63, 3.8) is 0 Å². The van der Waals surface area contributed by atoms with Crippen LogP contribution in [0.3, 0.4) is 0 Å². The Balaban J connectivity index is 2.16. The third-order valence-corrected chi connectivity index (χ3v) is 5.06. The summed E-state index contributed by atoms with van der Waals surface area (Å²) in [4.78, 5) is 30.5. The number of likely N-dealkylation sites (N-methyl/N-ethyl adjacent to an activating group) is 1. The van der Waals surface area contributed by atoms with Crippen LogP contribution in [0.25, 0.3) is 10.9 Å². The summed E-state index contributed by atoms with van der Waals surface area (Å²) in [6, 6.07) is 5.04. The highest BCUT2D eigenvalue weighted by atomic mass is 32.1. The van der Waals surface area contributed by atoms with Gasteiger partial charge in [-0.1, -0.05) is 13.8 Å². The molecule has 0 spiro atoms. The molecule has 0 fully saturated rings. The minimum atomic E-state index is -0.177.